The third-order valence-electron chi connectivity index (χ3n) is 2.85. The maximum atomic E-state index is 12.0. The Hall–Kier alpha value is -1.50. The van der Waals surface area contributed by atoms with Gasteiger partial charge in [0.2, 0.25) is 0 Å². The first-order valence-electron chi connectivity index (χ1n) is 5.45. The Kier molecular flexibility index (Phi) is 3.68. The lowest BCUT2D eigenvalue weighted by molar-refractivity contribution is -0.138. The minimum atomic E-state index is -0.806. The quantitative estimate of drug-likeness (QED) is 0.866. The van der Waals surface area contributed by atoms with Crippen LogP contribution in [0.3, 0.4) is 0 Å². The van der Waals surface area contributed by atoms with E-state index in [1.54, 1.807) is 4.90 Å². The van der Waals surface area contributed by atoms with Gasteiger partial charge in [-0.15, -0.1) is 0 Å². The summed E-state index contributed by atoms with van der Waals surface area (Å²) in [6.45, 7) is 1.18. The van der Waals surface area contributed by atoms with E-state index in [-0.39, 0.29) is 18.2 Å². The van der Waals surface area contributed by atoms with E-state index in [2.05, 4.69) is 8.75 Å². The summed E-state index contributed by atoms with van der Waals surface area (Å²) in [5, 5.41) is 8.75. The molecule has 1 amide bonds. The zero-order valence-corrected chi connectivity index (χ0v) is 10.0. The molecule has 2 heterocycles. The van der Waals surface area contributed by atoms with Gasteiger partial charge in [-0.2, -0.15) is 8.75 Å². The lowest BCUT2D eigenvalue weighted by Crippen LogP contribution is -2.40. The predicted molar refractivity (Wildman–Crippen MR) is 60.8 cm³/mol. The average Bonchev–Trinajstić information content (AvgIpc) is 2.81. The second-order valence-corrected chi connectivity index (χ2v) is 4.71. The summed E-state index contributed by atoms with van der Waals surface area (Å²) in [5.41, 5.74) is 0.353. The van der Waals surface area contributed by atoms with Crippen molar-refractivity contribution in [2.24, 2.45) is 5.92 Å². The van der Waals surface area contributed by atoms with Crippen LogP contribution in [0.4, 0.5) is 0 Å². The van der Waals surface area contributed by atoms with Gasteiger partial charge in [0, 0.05) is 19.5 Å². The van der Waals surface area contributed by atoms with E-state index in [4.69, 9.17) is 5.11 Å². The van der Waals surface area contributed by atoms with Crippen LogP contribution in [-0.4, -0.2) is 43.7 Å². The molecular formula is C10H13N3O3S. The summed E-state index contributed by atoms with van der Waals surface area (Å²) >= 11 is 1.00. The lowest BCUT2D eigenvalue weighted by Gasteiger charge is -2.31. The van der Waals surface area contributed by atoms with Crippen molar-refractivity contribution in [1.29, 1.82) is 0 Å². The summed E-state index contributed by atoms with van der Waals surface area (Å²) in [5.74, 6) is -0.898. The molecule has 0 bridgehead atoms. The SMILES string of the molecule is O=C(O)CC1CCCN(C(=O)c2cnsn2)C1. The van der Waals surface area contributed by atoms with Gasteiger partial charge in [-0.1, -0.05) is 0 Å². The van der Waals surface area contributed by atoms with Crippen molar-refractivity contribution in [2.75, 3.05) is 13.1 Å². The van der Waals surface area contributed by atoms with Crippen molar-refractivity contribution < 1.29 is 14.7 Å². The molecule has 1 aliphatic heterocycles. The average molecular weight is 255 g/mol. The molecule has 1 aromatic rings. The predicted octanol–water partition coefficient (Wildman–Crippen LogP) is 0.865. The first-order valence-corrected chi connectivity index (χ1v) is 6.18. The molecule has 1 unspecified atom stereocenters. The molecule has 1 aromatic heterocycles. The normalized spacial score (nSPS) is 20.2. The maximum absolute atomic E-state index is 12.0. The van der Waals surface area contributed by atoms with Crippen LogP contribution < -0.4 is 0 Å². The van der Waals surface area contributed by atoms with E-state index >= 15 is 0 Å². The topological polar surface area (TPSA) is 83.4 Å². The zero-order chi connectivity index (χ0) is 12.3. The number of carbonyl (C=O) groups is 2. The molecule has 1 fully saturated rings. The molecule has 1 N–H and O–H groups in total. The number of hydrogen-bond acceptors (Lipinski definition) is 5. The molecule has 92 valence electrons. The molecule has 1 aliphatic rings. The maximum Gasteiger partial charge on any atom is 0.303 e. The summed E-state index contributed by atoms with van der Waals surface area (Å²) < 4.78 is 7.69. The number of carboxylic acid groups (broad SMARTS) is 1. The smallest absolute Gasteiger partial charge is 0.303 e. The number of likely N-dealkylation sites (tertiary alicyclic amines) is 1. The van der Waals surface area contributed by atoms with Gasteiger partial charge >= 0.3 is 5.97 Å². The van der Waals surface area contributed by atoms with Gasteiger partial charge in [-0.05, 0) is 18.8 Å². The van der Waals surface area contributed by atoms with Crippen LogP contribution in [0, 0.1) is 5.92 Å². The number of carbonyl (C=O) groups excluding carboxylic acids is 1. The minimum absolute atomic E-state index is 0.0526. The van der Waals surface area contributed by atoms with E-state index in [1.807, 2.05) is 0 Å². The molecule has 1 saturated heterocycles. The van der Waals surface area contributed by atoms with Crippen LogP contribution in [0.15, 0.2) is 6.20 Å². The first kappa shape index (κ1) is 12.0. The number of aromatic nitrogens is 2. The number of aliphatic carboxylic acids is 1. The number of hydrogen-bond donors (Lipinski definition) is 1. The number of nitrogens with zero attached hydrogens (tertiary/aromatic N) is 3. The Morgan fingerprint density at radius 2 is 2.41 bits per heavy atom. The Morgan fingerprint density at radius 1 is 1.59 bits per heavy atom. The second-order valence-electron chi connectivity index (χ2n) is 4.15. The fraction of sp³-hybridized carbons (Fsp3) is 0.600. The Morgan fingerprint density at radius 3 is 3.06 bits per heavy atom. The van der Waals surface area contributed by atoms with Crippen LogP contribution in [0.25, 0.3) is 0 Å². The van der Waals surface area contributed by atoms with E-state index in [1.165, 1.54) is 6.20 Å². The summed E-state index contributed by atoms with van der Waals surface area (Å²) in [6.07, 6.45) is 3.29. The fourth-order valence-corrected chi connectivity index (χ4v) is 2.49. The van der Waals surface area contributed by atoms with Crippen LogP contribution in [-0.2, 0) is 4.79 Å². The molecule has 2 rings (SSSR count). The highest BCUT2D eigenvalue weighted by atomic mass is 32.1. The lowest BCUT2D eigenvalue weighted by atomic mass is 9.95. The molecule has 1 atom stereocenters. The van der Waals surface area contributed by atoms with E-state index < -0.39 is 5.97 Å². The van der Waals surface area contributed by atoms with Crippen molar-refractivity contribution in [2.45, 2.75) is 19.3 Å². The van der Waals surface area contributed by atoms with Gasteiger partial charge in [0.15, 0.2) is 5.69 Å². The first-order chi connectivity index (χ1) is 8.16. The Bertz CT molecular complexity index is 407. The molecule has 0 saturated carbocycles. The third kappa shape index (κ3) is 3.00. The van der Waals surface area contributed by atoms with Gasteiger partial charge in [0.05, 0.1) is 17.9 Å². The van der Waals surface area contributed by atoms with E-state index in [0.717, 1.165) is 24.6 Å². The molecule has 17 heavy (non-hydrogen) atoms. The van der Waals surface area contributed by atoms with Gasteiger partial charge in [-0.3, -0.25) is 9.59 Å². The molecule has 0 aromatic carbocycles. The minimum Gasteiger partial charge on any atom is -0.481 e. The van der Waals surface area contributed by atoms with Crippen LogP contribution in [0.1, 0.15) is 29.8 Å². The number of amides is 1. The van der Waals surface area contributed by atoms with Gasteiger partial charge in [-0.25, -0.2) is 0 Å². The molecule has 7 heteroatoms. The van der Waals surface area contributed by atoms with Crippen molar-refractivity contribution in [3.8, 4) is 0 Å². The van der Waals surface area contributed by atoms with Gasteiger partial charge in [0.1, 0.15) is 0 Å². The Balaban J connectivity index is 1.97. The Labute approximate surface area is 103 Å². The van der Waals surface area contributed by atoms with Crippen LogP contribution >= 0.6 is 11.7 Å². The van der Waals surface area contributed by atoms with Crippen molar-refractivity contribution in [3.05, 3.63) is 11.9 Å². The number of rotatable bonds is 3. The standard InChI is InChI=1S/C10H13N3O3S/c14-9(15)4-7-2-1-3-13(6-7)10(16)8-5-11-17-12-8/h5,7H,1-4,6H2,(H,14,15). The van der Waals surface area contributed by atoms with Gasteiger partial charge in [0.25, 0.3) is 5.91 Å². The van der Waals surface area contributed by atoms with Crippen molar-refractivity contribution in [1.82, 2.24) is 13.6 Å². The second kappa shape index (κ2) is 5.22. The summed E-state index contributed by atoms with van der Waals surface area (Å²) in [4.78, 5) is 24.3. The highest BCUT2D eigenvalue weighted by Crippen LogP contribution is 2.20. The molecule has 0 spiro atoms. The summed E-state index contributed by atoms with van der Waals surface area (Å²) in [7, 11) is 0. The largest absolute Gasteiger partial charge is 0.481 e. The monoisotopic (exact) mass is 255 g/mol. The molecule has 0 radical (unpaired) electrons. The number of carboxylic acids is 1. The molecular weight excluding hydrogens is 242 g/mol. The van der Waals surface area contributed by atoms with Crippen LogP contribution in [0.2, 0.25) is 0 Å². The van der Waals surface area contributed by atoms with Gasteiger partial charge < -0.3 is 10.0 Å². The zero-order valence-electron chi connectivity index (χ0n) is 9.20. The van der Waals surface area contributed by atoms with E-state index in [9.17, 15) is 9.59 Å². The van der Waals surface area contributed by atoms with Crippen molar-refractivity contribution >= 4 is 23.6 Å². The third-order valence-corrected chi connectivity index (χ3v) is 3.33. The molecule has 6 nitrogen and oxygen atoms in total. The fourth-order valence-electron chi connectivity index (χ4n) is 2.08. The highest BCUT2D eigenvalue weighted by Gasteiger charge is 2.26. The van der Waals surface area contributed by atoms with Crippen LogP contribution in [0.5, 0.6) is 0 Å². The van der Waals surface area contributed by atoms with E-state index in [0.29, 0.717) is 18.8 Å². The highest BCUT2D eigenvalue weighted by molar-refractivity contribution is 6.99. The molecule has 0 aliphatic carbocycles. The number of piperidine rings is 1. The summed E-state index contributed by atoms with van der Waals surface area (Å²) in [6, 6.07) is 0. The van der Waals surface area contributed by atoms with Crippen molar-refractivity contribution in [3.63, 3.8) is 0 Å².